The van der Waals surface area contributed by atoms with Gasteiger partial charge < -0.3 is 74.0 Å². The molecule has 0 bridgehead atoms. The number of methoxy groups -OCH3 is 2. The van der Waals surface area contributed by atoms with Gasteiger partial charge in [-0.1, -0.05) is 12.1 Å². The summed E-state index contributed by atoms with van der Waals surface area (Å²) in [5, 5.41) is 80.8. The van der Waals surface area contributed by atoms with Gasteiger partial charge in [0.2, 0.25) is 0 Å². The lowest BCUT2D eigenvalue weighted by Crippen LogP contribution is -2.59. The van der Waals surface area contributed by atoms with Crippen LogP contribution in [-0.2, 0) is 25.4 Å². The number of aliphatic hydroxyl groups excluding tert-OH is 7. The molecule has 5 rings (SSSR count). The molecular weight excluding hydrogens is 624 g/mol. The standard InChI is InChI=1S/C32H44O15/c1-14-23(35)25(37)27(39)32(45-14)44-13-18-17-9-15(5-4-8-43-31-28(40)26(38)24(36)22(12-33)46-31)10-21(42-3)30(17)47-29(18)16-6-7-19(34)20(11-16)41-2/h6-7,9-11,14,18,22-29,31-40H,4-5,8,12-13H2,1-3H3. The maximum Gasteiger partial charge on any atom is 0.186 e. The van der Waals surface area contributed by atoms with Crippen LogP contribution < -0.4 is 14.2 Å². The van der Waals surface area contributed by atoms with Crippen LogP contribution in [0.15, 0.2) is 30.3 Å². The molecular formula is C32H44O15. The van der Waals surface area contributed by atoms with E-state index >= 15 is 0 Å². The highest BCUT2D eigenvalue weighted by Gasteiger charge is 2.45. The van der Waals surface area contributed by atoms with Crippen molar-refractivity contribution in [3.63, 3.8) is 0 Å². The van der Waals surface area contributed by atoms with Crippen LogP contribution in [-0.4, -0.2) is 136 Å². The lowest BCUT2D eigenvalue weighted by Gasteiger charge is -2.39. The SMILES string of the molecule is COc1cc(C2Oc3c(OC)cc(CCCOC4OC(CO)C(O)C(O)C4O)cc3C2COC2OC(C)C(O)C(O)C2O)ccc1O. The van der Waals surface area contributed by atoms with E-state index in [0.29, 0.717) is 29.9 Å². The molecule has 0 spiro atoms. The molecule has 3 aliphatic rings. The summed E-state index contributed by atoms with van der Waals surface area (Å²) in [6.07, 6.45) is -12.8. The number of phenolic OH excluding ortho intramolecular Hbond substituents is 1. The zero-order valence-corrected chi connectivity index (χ0v) is 26.3. The first kappa shape index (κ1) is 35.5. The van der Waals surface area contributed by atoms with Gasteiger partial charge in [-0.15, -0.1) is 0 Å². The van der Waals surface area contributed by atoms with Crippen LogP contribution in [0.5, 0.6) is 23.0 Å². The summed E-state index contributed by atoms with van der Waals surface area (Å²) >= 11 is 0. The van der Waals surface area contributed by atoms with Gasteiger partial charge in [0.15, 0.2) is 35.6 Å². The molecule has 0 saturated carbocycles. The smallest absolute Gasteiger partial charge is 0.186 e. The van der Waals surface area contributed by atoms with Crippen molar-refractivity contribution in [1.82, 2.24) is 0 Å². The van der Waals surface area contributed by atoms with Crippen molar-refractivity contribution in [2.75, 3.05) is 34.0 Å². The molecule has 47 heavy (non-hydrogen) atoms. The normalized spacial score (nSPS) is 35.3. The number of hydrogen-bond donors (Lipinski definition) is 8. The van der Waals surface area contributed by atoms with Gasteiger partial charge in [-0.05, 0) is 49.1 Å². The quantitative estimate of drug-likeness (QED) is 0.130. The van der Waals surface area contributed by atoms with Crippen molar-refractivity contribution in [2.24, 2.45) is 0 Å². The van der Waals surface area contributed by atoms with Gasteiger partial charge in [-0.25, -0.2) is 0 Å². The number of ether oxygens (including phenoxy) is 7. The minimum absolute atomic E-state index is 0.0368. The van der Waals surface area contributed by atoms with Gasteiger partial charge in [-0.2, -0.15) is 0 Å². The van der Waals surface area contributed by atoms with Crippen LogP contribution in [0, 0.1) is 0 Å². The van der Waals surface area contributed by atoms with Crippen molar-refractivity contribution in [2.45, 2.75) is 93.2 Å². The first-order valence-electron chi connectivity index (χ1n) is 15.5. The Morgan fingerprint density at radius 3 is 2.13 bits per heavy atom. The van der Waals surface area contributed by atoms with Crippen LogP contribution in [0.4, 0.5) is 0 Å². The summed E-state index contributed by atoms with van der Waals surface area (Å²) < 4.78 is 40.2. The Balaban J connectivity index is 1.35. The number of aliphatic hydroxyl groups is 7. The van der Waals surface area contributed by atoms with E-state index in [-0.39, 0.29) is 24.7 Å². The van der Waals surface area contributed by atoms with E-state index < -0.39 is 80.0 Å². The topological polar surface area (TPSA) is 226 Å². The minimum atomic E-state index is -1.54. The van der Waals surface area contributed by atoms with Crippen LogP contribution in [0.3, 0.4) is 0 Å². The van der Waals surface area contributed by atoms with Crippen LogP contribution in [0.25, 0.3) is 0 Å². The van der Waals surface area contributed by atoms with E-state index in [1.54, 1.807) is 19.1 Å². The molecule has 3 aliphatic heterocycles. The Morgan fingerprint density at radius 1 is 0.766 bits per heavy atom. The lowest BCUT2D eigenvalue weighted by atomic mass is 9.90. The Morgan fingerprint density at radius 2 is 1.45 bits per heavy atom. The molecule has 3 heterocycles. The predicted octanol–water partition coefficient (Wildman–Crippen LogP) is -0.780. The van der Waals surface area contributed by atoms with Crippen LogP contribution >= 0.6 is 0 Å². The predicted molar refractivity (Wildman–Crippen MR) is 160 cm³/mol. The third kappa shape index (κ3) is 7.30. The van der Waals surface area contributed by atoms with E-state index in [9.17, 15) is 40.9 Å². The molecule has 2 aromatic rings. The third-order valence-corrected chi connectivity index (χ3v) is 8.89. The third-order valence-electron chi connectivity index (χ3n) is 8.89. The van der Waals surface area contributed by atoms with Crippen molar-refractivity contribution < 1.29 is 74.0 Å². The monoisotopic (exact) mass is 668 g/mol. The zero-order valence-electron chi connectivity index (χ0n) is 26.3. The number of hydrogen-bond acceptors (Lipinski definition) is 15. The number of rotatable bonds is 12. The molecule has 12 unspecified atom stereocenters. The minimum Gasteiger partial charge on any atom is -0.504 e. The van der Waals surface area contributed by atoms with Gasteiger partial charge in [0.05, 0.1) is 46.1 Å². The van der Waals surface area contributed by atoms with E-state index in [1.165, 1.54) is 20.3 Å². The number of benzene rings is 2. The van der Waals surface area contributed by atoms with Gasteiger partial charge in [0.1, 0.15) is 48.8 Å². The molecule has 15 nitrogen and oxygen atoms in total. The molecule has 2 fully saturated rings. The van der Waals surface area contributed by atoms with Crippen molar-refractivity contribution >= 4 is 0 Å². The molecule has 262 valence electrons. The molecule has 15 heteroatoms. The largest absolute Gasteiger partial charge is 0.504 e. The average Bonchev–Trinajstić information content (AvgIpc) is 3.44. The van der Waals surface area contributed by atoms with Gasteiger partial charge in [0.25, 0.3) is 0 Å². The second-order valence-electron chi connectivity index (χ2n) is 12.0. The second-order valence-corrected chi connectivity index (χ2v) is 12.0. The lowest BCUT2D eigenvalue weighted by molar-refractivity contribution is -0.301. The fraction of sp³-hybridized carbons (Fsp3) is 0.625. The van der Waals surface area contributed by atoms with E-state index in [2.05, 4.69) is 0 Å². The zero-order chi connectivity index (χ0) is 34.0. The maximum absolute atomic E-state index is 10.6. The first-order chi connectivity index (χ1) is 22.5. The summed E-state index contributed by atoms with van der Waals surface area (Å²) in [7, 11) is 2.94. The van der Waals surface area contributed by atoms with Crippen molar-refractivity contribution in [1.29, 1.82) is 0 Å². The average molecular weight is 669 g/mol. The van der Waals surface area contributed by atoms with E-state index in [1.807, 2.05) is 12.1 Å². The molecule has 0 aliphatic carbocycles. The van der Waals surface area contributed by atoms with E-state index in [0.717, 1.165) is 11.1 Å². The Hall–Kier alpha value is -2.80. The summed E-state index contributed by atoms with van der Waals surface area (Å²) in [4.78, 5) is 0. The summed E-state index contributed by atoms with van der Waals surface area (Å²) in [5.41, 5.74) is 2.23. The highest BCUT2D eigenvalue weighted by atomic mass is 16.7. The molecule has 0 amide bonds. The molecule has 2 saturated heterocycles. The molecule has 8 N–H and O–H groups in total. The molecule has 0 radical (unpaired) electrons. The van der Waals surface area contributed by atoms with Crippen molar-refractivity contribution in [3.05, 3.63) is 47.0 Å². The molecule has 0 aromatic heterocycles. The Kier molecular flexibility index (Phi) is 11.5. The Bertz CT molecular complexity index is 1340. The second kappa shape index (κ2) is 15.2. The van der Waals surface area contributed by atoms with Gasteiger partial charge in [-0.3, -0.25) is 0 Å². The van der Waals surface area contributed by atoms with Crippen LogP contribution in [0.2, 0.25) is 0 Å². The van der Waals surface area contributed by atoms with Crippen molar-refractivity contribution in [3.8, 4) is 23.0 Å². The molecule has 2 aromatic carbocycles. The van der Waals surface area contributed by atoms with Gasteiger partial charge >= 0.3 is 0 Å². The Labute approximate surface area is 271 Å². The molecule has 12 atom stereocenters. The maximum atomic E-state index is 10.6. The highest BCUT2D eigenvalue weighted by Crippen LogP contribution is 2.52. The number of aryl methyl sites for hydroxylation is 1. The number of phenols is 1. The number of fused-ring (bicyclic) bond motifs is 1. The highest BCUT2D eigenvalue weighted by molar-refractivity contribution is 5.56. The first-order valence-corrected chi connectivity index (χ1v) is 15.5. The summed E-state index contributed by atoms with van der Waals surface area (Å²) in [6, 6.07) is 8.58. The fourth-order valence-corrected chi connectivity index (χ4v) is 6.13. The van der Waals surface area contributed by atoms with Gasteiger partial charge in [0, 0.05) is 5.56 Å². The van der Waals surface area contributed by atoms with Crippen LogP contribution in [0.1, 0.15) is 42.1 Å². The number of aromatic hydroxyl groups is 1. The fourth-order valence-electron chi connectivity index (χ4n) is 6.13. The van der Waals surface area contributed by atoms with E-state index in [4.69, 9.17) is 33.2 Å². The summed E-state index contributed by atoms with van der Waals surface area (Å²) in [5.74, 6) is 0.616. The summed E-state index contributed by atoms with van der Waals surface area (Å²) in [6.45, 7) is 1.08.